The van der Waals surface area contributed by atoms with Gasteiger partial charge in [0.1, 0.15) is 22.7 Å². The van der Waals surface area contributed by atoms with Crippen molar-refractivity contribution in [3.8, 4) is 17.4 Å². The lowest BCUT2D eigenvalue weighted by Crippen LogP contribution is -1.95. The van der Waals surface area contributed by atoms with Crippen molar-refractivity contribution in [1.29, 1.82) is 0 Å². The summed E-state index contributed by atoms with van der Waals surface area (Å²) in [4.78, 5) is 10.8. The van der Waals surface area contributed by atoms with Gasteiger partial charge in [-0.15, -0.1) is 11.3 Å². The fraction of sp³-hybridized carbons (Fsp3) is 0.294. The van der Waals surface area contributed by atoms with Crippen molar-refractivity contribution >= 4 is 21.6 Å². The van der Waals surface area contributed by atoms with Crippen molar-refractivity contribution in [2.24, 2.45) is 0 Å². The zero-order valence-corrected chi connectivity index (χ0v) is 13.7. The van der Waals surface area contributed by atoms with Crippen LogP contribution >= 0.6 is 11.3 Å². The molecule has 0 spiro atoms. The van der Waals surface area contributed by atoms with E-state index in [1.807, 2.05) is 24.3 Å². The van der Waals surface area contributed by atoms with Crippen LogP contribution in [0.1, 0.15) is 23.8 Å². The van der Waals surface area contributed by atoms with E-state index in [4.69, 9.17) is 9.47 Å². The van der Waals surface area contributed by atoms with Crippen LogP contribution in [-0.4, -0.2) is 16.6 Å². The van der Waals surface area contributed by atoms with Crippen molar-refractivity contribution in [2.75, 3.05) is 6.61 Å². The molecule has 0 radical (unpaired) electrons. The van der Waals surface area contributed by atoms with Gasteiger partial charge in [0, 0.05) is 4.88 Å². The Morgan fingerprint density at radius 3 is 2.50 bits per heavy atom. The molecular weight excluding hydrogens is 296 g/mol. The van der Waals surface area contributed by atoms with E-state index < -0.39 is 0 Å². The van der Waals surface area contributed by atoms with Gasteiger partial charge in [0.25, 0.3) is 0 Å². The lowest BCUT2D eigenvalue weighted by molar-refractivity contribution is 0.317. The molecule has 0 bridgehead atoms. The van der Waals surface area contributed by atoms with Crippen molar-refractivity contribution in [3.05, 3.63) is 41.0 Å². The van der Waals surface area contributed by atoms with E-state index in [1.165, 1.54) is 10.4 Å². The second-order valence-corrected chi connectivity index (χ2v) is 6.27. The van der Waals surface area contributed by atoms with E-state index in [0.717, 1.165) is 34.7 Å². The van der Waals surface area contributed by atoms with Crippen LogP contribution in [0.5, 0.6) is 17.4 Å². The van der Waals surface area contributed by atoms with Crippen LogP contribution in [0.15, 0.2) is 30.6 Å². The summed E-state index contributed by atoms with van der Waals surface area (Å²) in [5.74, 6) is 2.20. The number of thiophene rings is 1. The maximum absolute atomic E-state index is 5.95. The minimum absolute atomic E-state index is 0.606. The molecule has 2 aromatic heterocycles. The first kappa shape index (κ1) is 14.8. The summed E-state index contributed by atoms with van der Waals surface area (Å²) in [6.07, 6.45) is 2.54. The van der Waals surface area contributed by atoms with Crippen molar-refractivity contribution in [1.82, 2.24) is 9.97 Å². The van der Waals surface area contributed by atoms with E-state index in [9.17, 15) is 0 Å². The first-order valence-electron chi connectivity index (χ1n) is 7.30. The third kappa shape index (κ3) is 2.90. The highest BCUT2D eigenvalue weighted by Crippen LogP contribution is 2.35. The summed E-state index contributed by atoms with van der Waals surface area (Å²) < 4.78 is 11.5. The normalized spacial score (nSPS) is 10.9. The molecule has 2 heterocycles. The molecule has 0 atom stereocenters. The van der Waals surface area contributed by atoms with Crippen LogP contribution in [0.2, 0.25) is 0 Å². The summed E-state index contributed by atoms with van der Waals surface area (Å²) in [5.41, 5.74) is 1.18. The summed E-state index contributed by atoms with van der Waals surface area (Å²) in [5, 5.41) is 0.997. The van der Waals surface area contributed by atoms with Gasteiger partial charge in [0.2, 0.25) is 5.88 Å². The fourth-order valence-electron chi connectivity index (χ4n) is 2.16. The largest absolute Gasteiger partial charge is 0.494 e. The van der Waals surface area contributed by atoms with E-state index in [0.29, 0.717) is 5.88 Å². The predicted octanol–water partition coefficient (Wildman–Crippen LogP) is 4.89. The number of rotatable bonds is 5. The Morgan fingerprint density at radius 2 is 1.77 bits per heavy atom. The number of fused-ring (bicyclic) bond motifs is 1. The third-order valence-electron chi connectivity index (χ3n) is 3.44. The van der Waals surface area contributed by atoms with Crippen LogP contribution in [0.25, 0.3) is 10.2 Å². The third-order valence-corrected chi connectivity index (χ3v) is 4.56. The molecule has 0 fully saturated rings. The Balaban J connectivity index is 1.87. The van der Waals surface area contributed by atoms with Gasteiger partial charge in [0.05, 0.1) is 12.0 Å². The van der Waals surface area contributed by atoms with Crippen molar-refractivity contribution < 1.29 is 9.47 Å². The van der Waals surface area contributed by atoms with Crippen LogP contribution in [0.4, 0.5) is 0 Å². The highest BCUT2D eigenvalue weighted by molar-refractivity contribution is 7.18. The standard InChI is InChI=1S/C17H18N2O2S/c1-4-9-20-13-5-7-14(8-6-13)21-16-15-11(2)12(3)22-17(15)19-10-18-16/h5-8,10H,4,9H2,1-3H3. The Kier molecular flexibility index (Phi) is 4.24. The van der Waals surface area contributed by atoms with Crippen molar-refractivity contribution in [3.63, 3.8) is 0 Å². The smallest absolute Gasteiger partial charge is 0.231 e. The lowest BCUT2D eigenvalue weighted by atomic mass is 10.2. The Hall–Kier alpha value is -2.14. The Morgan fingerprint density at radius 1 is 1.05 bits per heavy atom. The number of benzene rings is 1. The van der Waals surface area contributed by atoms with Gasteiger partial charge in [-0.05, 0) is 50.1 Å². The second kappa shape index (κ2) is 6.32. The van der Waals surface area contributed by atoms with E-state index in [1.54, 1.807) is 17.7 Å². The number of hydrogen-bond donors (Lipinski definition) is 0. The van der Waals surface area contributed by atoms with Crippen molar-refractivity contribution in [2.45, 2.75) is 27.2 Å². The minimum atomic E-state index is 0.606. The zero-order valence-electron chi connectivity index (χ0n) is 12.9. The molecule has 0 saturated heterocycles. The number of aromatic nitrogens is 2. The molecule has 5 heteroatoms. The number of aryl methyl sites for hydroxylation is 2. The number of ether oxygens (including phenoxy) is 2. The first-order valence-corrected chi connectivity index (χ1v) is 8.12. The van der Waals surface area contributed by atoms with Crippen LogP contribution < -0.4 is 9.47 Å². The summed E-state index contributed by atoms with van der Waals surface area (Å²) >= 11 is 1.66. The van der Waals surface area contributed by atoms with E-state index in [-0.39, 0.29) is 0 Å². The van der Waals surface area contributed by atoms with Gasteiger partial charge in [-0.25, -0.2) is 9.97 Å². The maximum atomic E-state index is 5.95. The molecule has 0 aliphatic carbocycles. The SMILES string of the molecule is CCCOc1ccc(Oc2ncnc3sc(C)c(C)c23)cc1. The topological polar surface area (TPSA) is 44.2 Å². The molecule has 4 nitrogen and oxygen atoms in total. The summed E-state index contributed by atoms with van der Waals surface area (Å²) in [6, 6.07) is 7.62. The zero-order chi connectivity index (χ0) is 15.5. The van der Waals surface area contributed by atoms with Gasteiger partial charge in [-0.1, -0.05) is 6.92 Å². The molecule has 0 aliphatic heterocycles. The lowest BCUT2D eigenvalue weighted by Gasteiger charge is -2.08. The monoisotopic (exact) mass is 314 g/mol. The van der Waals surface area contributed by atoms with Gasteiger partial charge in [0.15, 0.2) is 0 Å². The van der Waals surface area contributed by atoms with E-state index >= 15 is 0 Å². The predicted molar refractivity (Wildman–Crippen MR) is 89.2 cm³/mol. The molecular formula is C17H18N2O2S. The fourth-order valence-corrected chi connectivity index (χ4v) is 3.15. The molecule has 0 amide bonds. The van der Waals surface area contributed by atoms with Gasteiger partial charge in [-0.2, -0.15) is 0 Å². The second-order valence-electron chi connectivity index (χ2n) is 5.06. The molecule has 0 saturated carbocycles. The van der Waals surface area contributed by atoms with Gasteiger partial charge < -0.3 is 9.47 Å². The summed E-state index contributed by atoms with van der Waals surface area (Å²) in [7, 11) is 0. The highest BCUT2D eigenvalue weighted by atomic mass is 32.1. The van der Waals surface area contributed by atoms with E-state index in [2.05, 4.69) is 30.7 Å². The molecule has 0 aliphatic rings. The molecule has 0 unspecified atom stereocenters. The molecule has 114 valence electrons. The highest BCUT2D eigenvalue weighted by Gasteiger charge is 2.13. The molecule has 3 rings (SSSR count). The average Bonchev–Trinajstić information content (AvgIpc) is 2.82. The minimum Gasteiger partial charge on any atom is -0.494 e. The molecule has 22 heavy (non-hydrogen) atoms. The summed E-state index contributed by atoms with van der Waals surface area (Å²) in [6.45, 7) is 6.97. The Bertz CT molecular complexity index is 781. The number of hydrogen-bond acceptors (Lipinski definition) is 5. The number of nitrogens with zero attached hydrogens (tertiary/aromatic N) is 2. The van der Waals surface area contributed by atoms with Crippen LogP contribution in [0, 0.1) is 13.8 Å². The quantitative estimate of drug-likeness (QED) is 0.672. The van der Waals surface area contributed by atoms with Crippen LogP contribution in [0.3, 0.4) is 0 Å². The molecule has 1 aromatic carbocycles. The Labute approximate surface area is 133 Å². The molecule has 0 N–H and O–H groups in total. The van der Waals surface area contributed by atoms with Gasteiger partial charge in [-0.3, -0.25) is 0 Å². The first-order chi connectivity index (χ1) is 10.7. The van der Waals surface area contributed by atoms with Crippen LogP contribution in [-0.2, 0) is 0 Å². The molecule has 3 aromatic rings. The average molecular weight is 314 g/mol. The maximum Gasteiger partial charge on any atom is 0.231 e. The van der Waals surface area contributed by atoms with Gasteiger partial charge >= 0.3 is 0 Å².